The van der Waals surface area contributed by atoms with Crippen molar-refractivity contribution in [2.75, 3.05) is 23.4 Å². The molecule has 1 aromatic carbocycles. The van der Waals surface area contributed by atoms with E-state index in [0.717, 1.165) is 0 Å². The predicted molar refractivity (Wildman–Crippen MR) is 148 cm³/mol. The van der Waals surface area contributed by atoms with Gasteiger partial charge in [0.2, 0.25) is 11.8 Å². The van der Waals surface area contributed by atoms with Gasteiger partial charge >= 0.3 is 6.09 Å². The van der Waals surface area contributed by atoms with E-state index in [1.54, 1.807) is 45.2 Å². The number of amides is 1. The zero-order valence-electron chi connectivity index (χ0n) is 22.7. The smallest absolute Gasteiger partial charge is 0.414 e. The van der Waals surface area contributed by atoms with Crippen molar-refractivity contribution in [2.24, 2.45) is 0 Å². The molecule has 2 aromatic heterocycles. The molecule has 0 spiro atoms. The number of carbonyl (C=O) groups is 1. The molecule has 39 heavy (non-hydrogen) atoms. The molecular formula is C28H31ClN6O4. The Hall–Kier alpha value is -3.94. The van der Waals surface area contributed by atoms with Gasteiger partial charge in [-0.1, -0.05) is 18.5 Å². The van der Waals surface area contributed by atoms with Gasteiger partial charge in [0, 0.05) is 29.9 Å². The Balaban J connectivity index is 1.75. The highest BCUT2D eigenvalue weighted by atomic mass is 35.5. The third kappa shape index (κ3) is 6.05. The molecule has 0 radical (unpaired) electrons. The Morgan fingerprint density at radius 1 is 1.31 bits per heavy atom. The predicted octanol–water partition coefficient (Wildman–Crippen LogP) is 5.60. The highest BCUT2D eigenvalue weighted by molar-refractivity contribution is 6.30. The van der Waals surface area contributed by atoms with Crippen molar-refractivity contribution in [3.05, 3.63) is 52.8 Å². The van der Waals surface area contributed by atoms with Crippen LogP contribution in [0.4, 0.5) is 22.1 Å². The van der Waals surface area contributed by atoms with Crippen LogP contribution in [0.25, 0.3) is 11.3 Å². The number of ether oxygens (including phenoxy) is 2. The molecule has 1 unspecified atom stereocenters. The van der Waals surface area contributed by atoms with Crippen molar-refractivity contribution in [1.29, 1.82) is 5.26 Å². The molecular weight excluding hydrogens is 520 g/mol. The van der Waals surface area contributed by atoms with Gasteiger partial charge in [0.25, 0.3) is 0 Å². The van der Waals surface area contributed by atoms with E-state index in [9.17, 15) is 15.2 Å². The van der Waals surface area contributed by atoms with Crippen molar-refractivity contribution in [3.63, 3.8) is 0 Å². The summed E-state index contributed by atoms with van der Waals surface area (Å²) in [5, 5.41) is 23.9. The Bertz CT molecular complexity index is 1450. The first kappa shape index (κ1) is 28.1. The van der Waals surface area contributed by atoms with Crippen molar-refractivity contribution >= 4 is 35.0 Å². The van der Waals surface area contributed by atoms with Gasteiger partial charge in [-0.15, -0.1) is 0 Å². The quantitative estimate of drug-likeness (QED) is 0.402. The molecule has 204 valence electrons. The number of hydrogen-bond acceptors (Lipinski definition) is 9. The molecule has 2 N–H and O–H groups in total. The number of benzene rings is 1. The number of carbonyl (C=O) groups excluding carboxylic acids is 1. The molecule has 1 amide bonds. The number of rotatable bonds is 6. The van der Waals surface area contributed by atoms with Crippen molar-refractivity contribution in [1.82, 2.24) is 15.0 Å². The number of hydrogen-bond donors (Lipinski definition) is 2. The van der Waals surface area contributed by atoms with E-state index in [1.165, 1.54) is 11.1 Å². The molecule has 0 saturated heterocycles. The molecule has 0 bridgehead atoms. The van der Waals surface area contributed by atoms with Gasteiger partial charge in [-0.05, 0) is 64.4 Å². The van der Waals surface area contributed by atoms with Crippen LogP contribution in [0.5, 0.6) is 5.88 Å². The summed E-state index contributed by atoms with van der Waals surface area (Å²) in [4.78, 5) is 27.7. The maximum atomic E-state index is 13.0. The lowest BCUT2D eigenvalue weighted by atomic mass is 9.83. The zero-order chi connectivity index (χ0) is 28.5. The van der Waals surface area contributed by atoms with Gasteiger partial charge in [0.15, 0.2) is 0 Å². The molecule has 3 aromatic rings. The first-order valence-electron chi connectivity index (χ1n) is 12.5. The van der Waals surface area contributed by atoms with Crippen molar-refractivity contribution in [2.45, 2.75) is 58.7 Å². The number of aliphatic hydroxyl groups excluding tert-OH is 1. The molecule has 1 aliphatic rings. The van der Waals surface area contributed by atoms with Crippen LogP contribution in [-0.2, 0) is 10.2 Å². The highest BCUT2D eigenvalue weighted by Gasteiger charge is 2.44. The summed E-state index contributed by atoms with van der Waals surface area (Å²) < 4.78 is 11.4. The fourth-order valence-electron chi connectivity index (χ4n) is 4.27. The second kappa shape index (κ2) is 10.7. The van der Waals surface area contributed by atoms with Crippen molar-refractivity contribution in [3.8, 4) is 23.2 Å². The Morgan fingerprint density at radius 3 is 2.69 bits per heavy atom. The van der Waals surface area contributed by atoms with Gasteiger partial charge in [-0.25, -0.2) is 19.7 Å². The minimum Gasteiger partial charge on any atom is -0.473 e. The van der Waals surface area contributed by atoms with Gasteiger partial charge in [0.05, 0.1) is 34.7 Å². The summed E-state index contributed by atoms with van der Waals surface area (Å²) in [5.41, 5.74) is 1.49. The second-order valence-electron chi connectivity index (χ2n) is 10.9. The molecule has 1 aliphatic heterocycles. The van der Waals surface area contributed by atoms with E-state index in [1.807, 2.05) is 26.8 Å². The lowest BCUT2D eigenvalue weighted by Crippen LogP contribution is -2.40. The third-order valence-electron chi connectivity index (χ3n) is 5.98. The third-order valence-corrected chi connectivity index (χ3v) is 6.19. The first-order valence-corrected chi connectivity index (χ1v) is 12.8. The van der Waals surface area contributed by atoms with E-state index >= 15 is 0 Å². The lowest BCUT2D eigenvalue weighted by Gasteiger charge is -2.26. The molecule has 0 saturated carbocycles. The fourth-order valence-corrected chi connectivity index (χ4v) is 4.43. The standard InChI is InChI=1S/C28H31ClN6O4/c1-16(2)38-24-22(11-19(29)13-32-24)34-25-31-8-7-21(33-25)17-9-18(12-30)23-20(10-17)28(6,15-36)14-35(23)26(37)39-27(3,4)5/h7-11,13,16,36H,14-15H2,1-6H3,(H,31,33,34). The van der Waals surface area contributed by atoms with Crippen LogP contribution >= 0.6 is 11.6 Å². The van der Waals surface area contributed by atoms with Crippen LogP contribution < -0.4 is 15.0 Å². The number of halogens is 1. The fraction of sp³-hybridized carbons (Fsp3) is 0.393. The number of nitrogens with zero attached hydrogens (tertiary/aromatic N) is 5. The number of nitriles is 1. The maximum Gasteiger partial charge on any atom is 0.414 e. The summed E-state index contributed by atoms with van der Waals surface area (Å²) in [6.45, 7) is 10.9. The SMILES string of the molecule is CC(C)Oc1ncc(Cl)cc1Nc1nccc(-c2cc(C#N)c3c(c2)C(C)(CO)CN3C(=O)OC(C)(C)C)n1. The molecule has 0 fully saturated rings. The summed E-state index contributed by atoms with van der Waals surface area (Å²) >= 11 is 6.16. The van der Waals surface area contributed by atoms with Crippen LogP contribution in [0.15, 0.2) is 36.7 Å². The summed E-state index contributed by atoms with van der Waals surface area (Å²) in [5.74, 6) is 0.623. The van der Waals surface area contributed by atoms with Crippen molar-refractivity contribution < 1.29 is 19.4 Å². The number of pyridine rings is 1. The highest BCUT2D eigenvalue weighted by Crippen LogP contribution is 2.45. The maximum absolute atomic E-state index is 13.0. The number of nitrogens with one attached hydrogen (secondary N) is 1. The number of anilines is 3. The average Bonchev–Trinajstić information content (AvgIpc) is 3.17. The van der Waals surface area contributed by atoms with Gasteiger partial charge in [-0.3, -0.25) is 4.90 Å². The van der Waals surface area contributed by atoms with Gasteiger partial charge in [-0.2, -0.15) is 5.26 Å². The monoisotopic (exact) mass is 550 g/mol. The Labute approximate surface area is 232 Å². The average molecular weight is 551 g/mol. The molecule has 11 heteroatoms. The van der Waals surface area contributed by atoms with E-state index in [2.05, 4.69) is 26.3 Å². The van der Waals surface area contributed by atoms with Gasteiger partial charge in [0.1, 0.15) is 17.4 Å². The molecule has 1 atom stereocenters. The lowest BCUT2D eigenvalue weighted by molar-refractivity contribution is 0.0575. The van der Waals surface area contributed by atoms with E-state index in [-0.39, 0.29) is 30.8 Å². The Kier molecular flexibility index (Phi) is 7.68. The van der Waals surface area contributed by atoms with E-state index < -0.39 is 17.1 Å². The van der Waals surface area contributed by atoms with Crippen LogP contribution in [0.2, 0.25) is 5.02 Å². The number of aliphatic hydroxyl groups is 1. The number of aromatic nitrogens is 3. The van der Waals surface area contributed by atoms with Crippen LogP contribution in [-0.4, -0.2) is 51.0 Å². The minimum absolute atomic E-state index is 0.108. The normalized spacial score (nSPS) is 16.6. The Morgan fingerprint density at radius 2 is 2.05 bits per heavy atom. The van der Waals surface area contributed by atoms with E-state index in [4.69, 9.17) is 21.1 Å². The molecule has 4 rings (SSSR count). The minimum atomic E-state index is -0.808. The topological polar surface area (TPSA) is 133 Å². The zero-order valence-corrected chi connectivity index (χ0v) is 23.5. The second-order valence-corrected chi connectivity index (χ2v) is 11.3. The molecule has 3 heterocycles. The molecule has 0 aliphatic carbocycles. The largest absolute Gasteiger partial charge is 0.473 e. The summed E-state index contributed by atoms with van der Waals surface area (Å²) in [7, 11) is 0. The first-order chi connectivity index (χ1) is 18.3. The summed E-state index contributed by atoms with van der Waals surface area (Å²) in [6, 6.07) is 9.10. The number of fused-ring (bicyclic) bond motifs is 1. The molecule has 10 nitrogen and oxygen atoms in total. The van der Waals surface area contributed by atoms with Crippen LogP contribution in [0.1, 0.15) is 52.7 Å². The van der Waals surface area contributed by atoms with Crippen LogP contribution in [0, 0.1) is 11.3 Å². The van der Waals surface area contributed by atoms with E-state index in [0.29, 0.717) is 39.1 Å². The van der Waals surface area contributed by atoms with Gasteiger partial charge < -0.3 is 19.9 Å². The summed E-state index contributed by atoms with van der Waals surface area (Å²) in [6.07, 6.45) is 2.40. The van der Waals surface area contributed by atoms with Crippen LogP contribution in [0.3, 0.4) is 0 Å².